The van der Waals surface area contributed by atoms with E-state index in [0.717, 1.165) is 14.2 Å². The summed E-state index contributed by atoms with van der Waals surface area (Å²) in [5.74, 6) is -2.18. The molecular formula is C8H14O4. The van der Waals surface area contributed by atoms with Crippen LogP contribution < -0.4 is 0 Å². The molecule has 0 N–H and O–H groups in total. The van der Waals surface area contributed by atoms with Crippen LogP contribution in [0.5, 0.6) is 0 Å². The van der Waals surface area contributed by atoms with Gasteiger partial charge in [-0.2, -0.15) is 0 Å². The molecule has 70 valence electrons. The third kappa shape index (κ3) is 5.70. The van der Waals surface area contributed by atoms with Crippen molar-refractivity contribution in [3.63, 3.8) is 0 Å². The molecule has 0 spiro atoms. The lowest BCUT2D eigenvalue weighted by molar-refractivity contribution is -0.142. The van der Waals surface area contributed by atoms with Crippen molar-refractivity contribution in [2.75, 3.05) is 14.2 Å². The molecule has 4 heteroatoms. The van der Waals surface area contributed by atoms with Gasteiger partial charge >= 0.3 is 11.9 Å². The van der Waals surface area contributed by atoms with Crippen LogP contribution in [0.4, 0.5) is 0 Å². The first kappa shape index (κ1) is 5.56. The van der Waals surface area contributed by atoms with E-state index in [1.54, 1.807) is 0 Å². The van der Waals surface area contributed by atoms with Gasteiger partial charge in [0.05, 0.1) is 14.2 Å². The van der Waals surface area contributed by atoms with E-state index in [9.17, 15) is 9.59 Å². The second-order valence-electron chi connectivity index (χ2n) is 1.84. The zero-order chi connectivity index (χ0) is 13.0. The normalized spacial score (nSPS) is 16.5. The first-order valence-electron chi connectivity index (χ1n) is 5.34. The summed E-state index contributed by atoms with van der Waals surface area (Å²) in [5, 5.41) is 0. The molecular weight excluding hydrogens is 160 g/mol. The average molecular weight is 178 g/mol. The van der Waals surface area contributed by atoms with Crippen LogP contribution in [-0.2, 0) is 19.1 Å². The molecule has 4 nitrogen and oxygen atoms in total. The fourth-order valence-electron chi connectivity index (χ4n) is 0.473. The molecule has 0 saturated carbocycles. The highest BCUT2D eigenvalue weighted by atomic mass is 16.5. The molecule has 0 saturated heterocycles. The van der Waals surface area contributed by atoms with Gasteiger partial charge in [-0.3, -0.25) is 9.59 Å². The minimum absolute atomic E-state index is 0.457. The summed E-state index contributed by atoms with van der Waals surface area (Å²) in [6.07, 6.45) is -5.53. The molecule has 0 radical (unpaired) electrons. The van der Waals surface area contributed by atoms with Gasteiger partial charge in [0.2, 0.25) is 0 Å². The Morgan fingerprint density at radius 2 is 1.42 bits per heavy atom. The van der Waals surface area contributed by atoms with E-state index in [1.165, 1.54) is 0 Å². The minimum atomic E-state index is -2.31. The SMILES string of the molecule is [2H]C([2H])(CCC([2H])([2H])C(=O)OC)C(=O)OC. The smallest absolute Gasteiger partial charge is 0.305 e. The van der Waals surface area contributed by atoms with Gasteiger partial charge < -0.3 is 9.47 Å². The Labute approximate surface area is 77.5 Å². The van der Waals surface area contributed by atoms with Crippen molar-refractivity contribution in [1.82, 2.24) is 0 Å². The van der Waals surface area contributed by atoms with Crippen molar-refractivity contribution < 1.29 is 24.5 Å². The van der Waals surface area contributed by atoms with Crippen LogP contribution in [0.3, 0.4) is 0 Å². The Bertz CT molecular complexity index is 249. The fourth-order valence-corrected chi connectivity index (χ4v) is 0.473. The van der Waals surface area contributed by atoms with Crippen LogP contribution >= 0.6 is 0 Å². The molecule has 0 fully saturated rings. The third-order valence-corrected chi connectivity index (χ3v) is 1.03. The second-order valence-corrected chi connectivity index (χ2v) is 1.84. The van der Waals surface area contributed by atoms with Crippen LogP contribution in [0.2, 0.25) is 0 Å². The molecule has 0 unspecified atom stereocenters. The van der Waals surface area contributed by atoms with Gasteiger partial charge in [-0.15, -0.1) is 0 Å². The third-order valence-electron chi connectivity index (χ3n) is 1.03. The Morgan fingerprint density at radius 3 is 1.67 bits per heavy atom. The van der Waals surface area contributed by atoms with Crippen LogP contribution in [-0.4, -0.2) is 26.2 Å². The van der Waals surface area contributed by atoms with Crippen LogP contribution in [0.1, 0.15) is 31.1 Å². The van der Waals surface area contributed by atoms with Crippen molar-refractivity contribution in [3.05, 3.63) is 0 Å². The maximum absolute atomic E-state index is 11.0. The number of carbonyl (C=O) groups is 2. The molecule has 0 aliphatic carbocycles. The van der Waals surface area contributed by atoms with Gasteiger partial charge in [0.15, 0.2) is 0 Å². The number of hydrogen-bond donors (Lipinski definition) is 0. The zero-order valence-electron chi connectivity index (χ0n) is 11.0. The number of rotatable bonds is 5. The first-order chi connectivity index (χ1) is 7.17. The topological polar surface area (TPSA) is 52.6 Å². The summed E-state index contributed by atoms with van der Waals surface area (Å²) < 4.78 is 37.6. The summed E-state index contributed by atoms with van der Waals surface area (Å²) in [6.45, 7) is 0. The molecule has 0 aromatic carbocycles. The quantitative estimate of drug-likeness (QED) is 0.587. The molecule has 0 aromatic heterocycles. The summed E-state index contributed by atoms with van der Waals surface area (Å²) >= 11 is 0. The van der Waals surface area contributed by atoms with E-state index in [-0.39, 0.29) is 0 Å². The molecule has 0 bridgehead atoms. The summed E-state index contributed by atoms with van der Waals surface area (Å²) in [7, 11) is 2.07. The van der Waals surface area contributed by atoms with Gasteiger partial charge in [0, 0.05) is 18.2 Å². The molecule has 0 aliphatic heterocycles. The van der Waals surface area contributed by atoms with E-state index in [2.05, 4.69) is 9.47 Å². The molecule has 0 rings (SSSR count). The second kappa shape index (κ2) is 6.64. The molecule has 0 aromatic rings. The number of methoxy groups -OCH3 is 2. The predicted molar refractivity (Wildman–Crippen MR) is 42.5 cm³/mol. The highest BCUT2D eigenvalue weighted by molar-refractivity contribution is 5.70. The number of hydrogen-bond acceptors (Lipinski definition) is 4. The van der Waals surface area contributed by atoms with E-state index >= 15 is 0 Å². The number of esters is 2. The summed E-state index contributed by atoms with van der Waals surface area (Å²) in [6, 6.07) is 0. The van der Waals surface area contributed by atoms with Crippen LogP contribution in [0.25, 0.3) is 0 Å². The summed E-state index contributed by atoms with van der Waals surface area (Å²) in [4.78, 5) is 21.9. The predicted octanol–water partition coefficient (Wildman–Crippen LogP) is 0.893. The van der Waals surface area contributed by atoms with E-state index in [0.29, 0.717) is 0 Å². The maximum atomic E-state index is 11.0. The lowest BCUT2D eigenvalue weighted by Crippen LogP contribution is -2.02. The highest BCUT2D eigenvalue weighted by Gasteiger charge is 2.02. The maximum Gasteiger partial charge on any atom is 0.305 e. The van der Waals surface area contributed by atoms with E-state index < -0.39 is 37.5 Å². The van der Waals surface area contributed by atoms with E-state index in [4.69, 9.17) is 5.48 Å². The first-order valence-corrected chi connectivity index (χ1v) is 3.34. The van der Waals surface area contributed by atoms with Gasteiger partial charge in [0.1, 0.15) is 0 Å². The fraction of sp³-hybridized carbons (Fsp3) is 0.750. The van der Waals surface area contributed by atoms with Gasteiger partial charge in [-0.05, 0) is 12.8 Å². The average Bonchev–Trinajstić information content (AvgIpc) is 2.24. The molecule has 0 aliphatic rings. The van der Waals surface area contributed by atoms with Crippen molar-refractivity contribution >= 4 is 11.9 Å². The van der Waals surface area contributed by atoms with Gasteiger partial charge in [-0.25, -0.2) is 0 Å². The highest BCUT2D eigenvalue weighted by Crippen LogP contribution is 2.01. The lowest BCUT2D eigenvalue weighted by atomic mass is 10.2. The standard InChI is InChI=1S/C8H14O4/c1-11-7(9)5-3-4-6-8(10)12-2/h3-6H2,1-2H3/i5D2,6D2. The Morgan fingerprint density at radius 1 is 1.08 bits per heavy atom. The summed E-state index contributed by atoms with van der Waals surface area (Å²) in [5.41, 5.74) is 0. The largest absolute Gasteiger partial charge is 0.469 e. The van der Waals surface area contributed by atoms with E-state index in [1.807, 2.05) is 0 Å². The lowest BCUT2D eigenvalue weighted by Gasteiger charge is -1.98. The van der Waals surface area contributed by atoms with Crippen molar-refractivity contribution in [2.45, 2.75) is 25.6 Å². The molecule has 0 amide bonds. The molecule has 12 heavy (non-hydrogen) atoms. The number of carbonyl (C=O) groups excluding carboxylic acids is 2. The molecule has 0 heterocycles. The zero-order valence-corrected chi connectivity index (χ0v) is 7.05. The van der Waals surface area contributed by atoms with Crippen molar-refractivity contribution in [1.29, 1.82) is 0 Å². The van der Waals surface area contributed by atoms with Crippen molar-refractivity contribution in [2.24, 2.45) is 0 Å². The van der Waals surface area contributed by atoms with Gasteiger partial charge in [0.25, 0.3) is 0 Å². The number of ether oxygens (including phenoxy) is 2. The van der Waals surface area contributed by atoms with Crippen LogP contribution in [0, 0.1) is 0 Å². The van der Waals surface area contributed by atoms with Crippen molar-refractivity contribution in [3.8, 4) is 0 Å². The Hall–Kier alpha value is -1.06. The minimum Gasteiger partial charge on any atom is -0.469 e. The van der Waals surface area contributed by atoms with Gasteiger partial charge in [-0.1, -0.05) is 0 Å². The Balaban J connectivity index is 4.44. The Kier molecular flexibility index (Phi) is 3.08. The van der Waals surface area contributed by atoms with Crippen LogP contribution in [0.15, 0.2) is 0 Å². The molecule has 0 atom stereocenters. The monoisotopic (exact) mass is 178 g/mol.